The molecule has 1 atom stereocenters. The van der Waals surface area contributed by atoms with Crippen LogP contribution < -0.4 is 4.72 Å². The smallest absolute Gasteiger partial charge is 0.0414 e. The zero-order valence-electron chi connectivity index (χ0n) is 7.58. The molecule has 0 amide bonds. The third-order valence-electron chi connectivity index (χ3n) is 1.67. The Labute approximate surface area is 78.7 Å². The standard InChI is InChI=1S/C10H15NS/c1-3-11-12-9(2)10-7-5-4-6-8-10/h4-9,11H,3H2,1-2H3. The summed E-state index contributed by atoms with van der Waals surface area (Å²) >= 11 is 1.78. The van der Waals surface area contributed by atoms with Crippen LogP contribution in [-0.4, -0.2) is 6.54 Å². The van der Waals surface area contributed by atoms with Crippen LogP contribution in [0.1, 0.15) is 24.7 Å². The van der Waals surface area contributed by atoms with Crippen LogP contribution in [0.3, 0.4) is 0 Å². The molecule has 1 aromatic rings. The lowest BCUT2D eigenvalue weighted by atomic mass is 10.2. The van der Waals surface area contributed by atoms with Gasteiger partial charge in [0.25, 0.3) is 0 Å². The van der Waals surface area contributed by atoms with E-state index in [0.717, 1.165) is 6.54 Å². The summed E-state index contributed by atoms with van der Waals surface area (Å²) in [5.74, 6) is 0. The highest BCUT2D eigenvalue weighted by Gasteiger charge is 2.02. The maximum Gasteiger partial charge on any atom is 0.0414 e. The van der Waals surface area contributed by atoms with Crippen molar-refractivity contribution in [1.82, 2.24) is 4.72 Å². The predicted molar refractivity (Wildman–Crippen MR) is 56.1 cm³/mol. The van der Waals surface area contributed by atoms with Gasteiger partial charge in [-0.3, -0.25) is 4.72 Å². The SMILES string of the molecule is CCNSC(C)c1ccccc1. The van der Waals surface area contributed by atoms with Crippen LogP contribution in [-0.2, 0) is 0 Å². The first-order valence-corrected chi connectivity index (χ1v) is 5.16. The van der Waals surface area contributed by atoms with Crippen LogP contribution in [0.15, 0.2) is 30.3 Å². The van der Waals surface area contributed by atoms with E-state index in [1.165, 1.54) is 5.56 Å². The van der Waals surface area contributed by atoms with Crippen molar-refractivity contribution in [1.29, 1.82) is 0 Å². The number of rotatable bonds is 4. The van der Waals surface area contributed by atoms with Gasteiger partial charge in [-0.25, -0.2) is 0 Å². The minimum atomic E-state index is 0.533. The van der Waals surface area contributed by atoms with Crippen molar-refractivity contribution in [3.8, 4) is 0 Å². The van der Waals surface area contributed by atoms with E-state index in [9.17, 15) is 0 Å². The summed E-state index contributed by atoms with van der Waals surface area (Å²) in [4.78, 5) is 0. The van der Waals surface area contributed by atoms with Crippen LogP contribution >= 0.6 is 11.9 Å². The van der Waals surface area contributed by atoms with E-state index in [1.54, 1.807) is 11.9 Å². The molecule has 1 N–H and O–H groups in total. The second-order valence-corrected chi connectivity index (χ2v) is 3.90. The summed E-state index contributed by atoms with van der Waals surface area (Å²) in [6.07, 6.45) is 0. The summed E-state index contributed by atoms with van der Waals surface area (Å²) in [7, 11) is 0. The minimum absolute atomic E-state index is 0.533. The van der Waals surface area contributed by atoms with Crippen molar-refractivity contribution in [2.24, 2.45) is 0 Å². The van der Waals surface area contributed by atoms with Gasteiger partial charge < -0.3 is 0 Å². The fourth-order valence-corrected chi connectivity index (χ4v) is 1.71. The highest BCUT2D eigenvalue weighted by atomic mass is 32.2. The van der Waals surface area contributed by atoms with Gasteiger partial charge in [0.2, 0.25) is 0 Å². The van der Waals surface area contributed by atoms with Crippen molar-refractivity contribution >= 4 is 11.9 Å². The van der Waals surface area contributed by atoms with Gasteiger partial charge in [-0.05, 0) is 12.5 Å². The molecule has 0 fully saturated rings. The Morgan fingerprint density at radius 2 is 2.00 bits per heavy atom. The monoisotopic (exact) mass is 181 g/mol. The summed E-state index contributed by atoms with van der Waals surface area (Å²) in [5.41, 5.74) is 1.38. The Bertz CT molecular complexity index is 210. The van der Waals surface area contributed by atoms with Crippen LogP contribution in [0, 0.1) is 0 Å². The fraction of sp³-hybridized carbons (Fsp3) is 0.400. The van der Waals surface area contributed by atoms with Gasteiger partial charge >= 0.3 is 0 Å². The molecule has 1 unspecified atom stereocenters. The second-order valence-electron chi connectivity index (χ2n) is 2.67. The van der Waals surface area contributed by atoms with Gasteiger partial charge in [-0.15, -0.1) is 0 Å². The lowest BCUT2D eigenvalue weighted by molar-refractivity contribution is 1.000. The molecule has 1 rings (SSSR count). The summed E-state index contributed by atoms with van der Waals surface area (Å²) in [6.45, 7) is 5.34. The molecule has 0 aliphatic rings. The van der Waals surface area contributed by atoms with Crippen molar-refractivity contribution in [3.05, 3.63) is 35.9 Å². The van der Waals surface area contributed by atoms with Gasteiger partial charge in [0.1, 0.15) is 0 Å². The molecule has 1 nitrogen and oxygen atoms in total. The van der Waals surface area contributed by atoms with Crippen molar-refractivity contribution in [2.45, 2.75) is 19.1 Å². The van der Waals surface area contributed by atoms with Gasteiger partial charge in [0.05, 0.1) is 0 Å². The third-order valence-corrected chi connectivity index (χ3v) is 2.75. The van der Waals surface area contributed by atoms with E-state index in [2.05, 4.69) is 42.8 Å². The molecule has 2 heteroatoms. The first-order valence-electron chi connectivity index (χ1n) is 4.28. The quantitative estimate of drug-likeness (QED) is 0.717. The highest BCUT2D eigenvalue weighted by Crippen LogP contribution is 2.24. The lowest BCUT2D eigenvalue weighted by Crippen LogP contribution is -2.03. The van der Waals surface area contributed by atoms with Gasteiger partial charge in [-0.2, -0.15) is 0 Å². The summed E-state index contributed by atoms with van der Waals surface area (Å²) < 4.78 is 3.26. The minimum Gasteiger partial charge on any atom is -0.264 e. The molecule has 0 aliphatic heterocycles. The number of benzene rings is 1. The van der Waals surface area contributed by atoms with E-state index in [1.807, 2.05) is 6.07 Å². The van der Waals surface area contributed by atoms with Crippen molar-refractivity contribution in [3.63, 3.8) is 0 Å². The van der Waals surface area contributed by atoms with E-state index in [4.69, 9.17) is 0 Å². The van der Waals surface area contributed by atoms with Crippen LogP contribution in [0.4, 0.5) is 0 Å². The van der Waals surface area contributed by atoms with E-state index in [-0.39, 0.29) is 0 Å². The normalized spacial score (nSPS) is 12.8. The predicted octanol–water partition coefficient (Wildman–Crippen LogP) is 3.01. The second kappa shape index (κ2) is 5.22. The Kier molecular flexibility index (Phi) is 4.19. The Balaban J connectivity index is 2.48. The molecule has 0 saturated carbocycles. The van der Waals surface area contributed by atoms with Gasteiger partial charge in [0, 0.05) is 11.8 Å². The molecule has 0 heterocycles. The largest absolute Gasteiger partial charge is 0.264 e. The molecule has 1 aromatic carbocycles. The molecular formula is C10H15NS. The van der Waals surface area contributed by atoms with Crippen molar-refractivity contribution < 1.29 is 0 Å². The zero-order valence-corrected chi connectivity index (χ0v) is 8.40. The molecule has 0 aromatic heterocycles. The molecular weight excluding hydrogens is 166 g/mol. The van der Waals surface area contributed by atoms with E-state index in [0.29, 0.717) is 5.25 Å². The number of hydrogen-bond acceptors (Lipinski definition) is 2. The molecule has 12 heavy (non-hydrogen) atoms. The molecule has 66 valence electrons. The molecule has 0 spiro atoms. The average molecular weight is 181 g/mol. The Morgan fingerprint density at radius 3 is 2.58 bits per heavy atom. The zero-order chi connectivity index (χ0) is 8.81. The maximum atomic E-state index is 3.26. The first-order chi connectivity index (χ1) is 5.84. The molecule has 0 saturated heterocycles. The fourth-order valence-electron chi connectivity index (χ4n) is 1.00. The Hall–Kier alpha value is -0.470. The lowest BCUT2D eigenvalue weighted by Gasteiger charge is -2.10. The molecule has 0 aliphatic carbocycles. The topological polar surface area (TPSA) is 12.0 Å². The van der Waals surface area contributed by atoms with Gasteiger partial charge in [0.15, 0.2) is 0 Å². The van der Waals surface area contributed by atoms with E-state index < -0.39 is 0 Å². The summed E-state index contributed by atoms with van der Waals surface area (Å²) in [6, 6.07) is 10.5. The molecule has 0 radical (unpaired) electrons. The Morgan fingerprint density at radius 1 is 1.33 bits per heavy atom. The van der Waals surface area contributed by atoms with Crippen LogP contribution in [0.2, 0.25) is 0 Å². The van der Waals surface area contributed by atoms with Gasteiger partial charge in [-0.1, -0.05) is 49.2 Å². The van der Waals surface area contributed by atoms with Crippen LogP contribution in [0.25, 0.3) is 0 Å². The summed E-state index contributed by atoms with van der Waals surface area (Å²) in [5, 5.41) is 0.533. The number of hydrogen-bond donors (Lipinski definition) is 1. The van der Waals surface area contributed by atoms with Crippen LogP contribution in [0.5, 0.6) is 0 Å². The average Bonchev–Trinajstić information content (AvgIpc) is 2.15. The highest BCUT2D eigenvalue weighted by molar-refractivity contribution is 7.97. The first kappa shape index (κ1) is 9.62. The third kappa shape index (κ3) is 2.88. The molecule has 0 bridgehead atoms. The number of nitrogens with one attached hydrogen (secondary N) is 1. The maximum absolute atomic E-state index is 3.26. The van der Waals surface area contributed by atoms with Crippen molar-refractivity contribution in [2.75, 3.05) is 6.54 Å². The van der Waals surface area contributed by atoms with E-state index >= 15 is 0 Å².